The van der Waals surface area contributed by atoms with Gasteiger partial charge in [0.05, 0.1) is 24.9 Å². The van der Waals surface area contributed by atoms with Crippen molar-refractivity contribution in [2.75, 3.05) is 31.6 Å². The van der Waals surface area contributed by atoms with E-state index in [1.54, 1.807) is 19.2 Å². The van der Waals surface area contributed by atoms with E-state index in [9.17, 15) is 13.6 Å². The number of piperidine rings is 1. The molecule has 1 aromatic heterocycles. The fourth-order valence-corrected chi connectivity index (χ4v) is 4.53. The van der Waals surface area contributed by atoms with Crippen molar-refractivity contribution in [2.45, 2.75) is 32.2 Å². The molecule has 2 aromatic carbocycles. The van der Waals surface area contributed by atoms with Crippen molar-refractivity contribution < 1.29 is 23.0 Å². The van der Waals surface area contributed by atoms with Crippen molar-refractivity contribution in [1.29, 1.82) is 0 Å². The van der Waals surface area contributed by atoms with E-state index in [4.69, 9.17) is 19.4 Å². The zero-order valence-electron chi connectivity index (χ0n) is 19.5. The molecule has 9 heteroatoms. The molecule has 0 saturated carbocycles. The number of amides is 1. The number of fused-ring (bicyclic) bond motifs is 1. The quantitative estimate of drug-likeness (QED) is 0.525. The molecule has 0 atom stereocenters. The van der Waals surface area contributed by atoms with Crippen LogP contribution in [0.3, 0.4) is 0 Å². The molecule has 2 aliphatic rings. The first-order valence-corrected chi connectivity index (χ1v) is 11.7. The lowest BCUT2D eigenvalue weighted by molar-refractivity contribution is 0.0722. The van der Waals surface area contributed by atoms with Gasteiger partial charge in [-0.3, -0.25) is 4.79 Å². The van der Waals surface area contributed by atoms with Crippen LogP contribution in [-0.2, 0) is 13.0 Å². The smallest absolute Gasteiger partial charge is 0.260 e. The van der Waals surface area contributed by atoms with Crippen molar-refractivity contribution >= 4 is 11.9 Å². The first-order chi connectivity index (χ1) is 17.0. The third kappa shape index (κ3) is 4.62. The van der Waals surface area contributed by atoms with Gasteiger partial charge in [-0.2, -0.15) is 4.98 Å². The van der Waals surface area contributed by atoms with Gasteiger partial charge >= 0.3 is 0 Å². The van der Waals surface area contributed by atoms with E-state index in [-0.39, 0.29) is 13.1 Å². The first kappa shape index (κ1) is 23.0. The number of ether oxygens (including phenoxy) is 2. The summed E-state index contributed by atoms with van der Waals surface area (Å²) in [4.78, 5) is 26.2. The number of hydrogen-bond acceptors (Lipinski definition) is 6. The van der Waals surface area contributed by atoms with Crippen LogP contribution in [-0.4, -0.2) is 47.5 Å². The second kappa shape index (κ2) is 9.85. The van der Waals surface area contributed by atoms with Crippen LogP contribution in [0.25, 0.3) is 0 Å². The Kier molecular flexibility index (Phi) is 6.48. The van der Waals surface area contributed by atoms with Gasteiger partial charge in [0.15, 0.2) is 11.5 Å². The van der Waals surface area contributed by atoms with E-state index < -0.39 is 23.1 Å². The number of para-hydroxylation sites is 2. The Labute approximate surface area is 202 Å². The van der Waals surface area contributed by atoms with E-state index in [2.05, 4.69) is 4.90 Å². The highest BCUT2D eigenvalue weighted by molar-refractivity contribution is 5.95. The molecule has 0 radical (unpaired) electrons. The first-order valence-electron chi connectivity index (χ1n) is 11.7. The van der Waals surface area contributed by atoms with Crippen LogP contribution in [0.2, 0.25) is 0 Å². The number of halogens is 2. The van der Waals surface area contributed by atoms with Gasteiger partial charge < -0.3 is 19.3 Å². The van der Waals surface area contributed by atoms with E-state index in [1.165, 1.54) is 17.4 Å². The number of anilines is 1. The van der Waals surface area contributed by atoms with Crippen molar-refractivity contribution in [3.63, 3.8) is 0 Å². The number of carbonyl (C=O) groups excluding carboxylic acids is 1. The maximum atomic E-state index is 14.3. The van der Waals surface area contributed by atoms with E-state index in [0.29, 0.717) is 35.3 Å². The highest BCUT2D eigenvalue weighted by Crippen LogP contribution is 2.36. The molecule has 3 aromatic rings. The molecule has 1 amide bonds. The lowest BCUT2D eigenvalue weighted by Crippen LogP contribution is -2.38. The maximum absolute atomic E-state index is 14.3. The third-order valence-electron chi connectivity index (χ3n) is 6.39. The lowest BCUT2D eigenvalue weighted by atomic mass is 10.0. The van der Waals surface area contributed by atoms with E-state index in [1.807, 2.05) is 12.1 Å². The Morgan fingerprint density at radius 2 is 1.63 bits per heavy atom. The van der Waals surface area contributed by atoms with Gasteiger partial charge in [-0.05, 0) is 43.5 Å². The van der Waals surface area contributed by atoms with Gasteiger partial charge in [0, 0.05) is 26.1 Å². The molecule has 35 heavy (non-hydrogen) atoms. The lowest BCUT2D eigenvalue weighted by Gasteiger charge is -2.32. The van der Waals surface area contributed by atoms with Gasteiger partial charge in [-0.1, -0.05) is 18.2 Å². The third-order valence-corrected chi connectivity index (χ3v) is 6.39. The SMILES string of the molecule is COc1ccccc1Oc1nc(N2CCCCC2)nc2c1CN(C(=O)c1c(F)cccc1F)CC2. The molecule has 0 aliphatic carbocycles. The normalized spacial score (nSPS) is 15.5. The van der Waals surface area contributed by atoms with Gasteiger partial charge in [-0.25, -0.2) is 13.8 Å². The standard InChI is InChI=1S/C26H26F2N4O3/c1-34-21-10-3-4-11-22(21)35-24-17-16-32(25(33)23-18(27)8-7-9-19(23)28)15-12-20(17)29-26(30-24)31-13-5-2-6-14-31/h3-4,7-11H,2,5-6,12-16H2,1H3. The van der Waals surface area contributed by atoms with E-state index in [0.717, 1.165) is 43.8 Å². The van der Waals surface area contributed by atoms with Crippen LogP contribution in [0.15, 0.2) is 42.5 Å². The Morgan fingerprint density at radius 3 is 2.34 bits per heavy atom. The molecule has 1 saturated heterocycles. The molecule has 7 nitrogen and oxygen atoms in total. The van der Waals surface area contributed by atoms with Crippen LogP contribution in [0, 0.1) is 11.6 Å². The molecule has 5 rings (SSSR count). The molecule has 0 N–H and O–H groups in total. The van der Waals surface area contributed by atoms with Crippen LogP contribution in [0.1, 0.15) is 40.9 Å². The number of rotatable bonds is 5. The van der Waals surface area contributed by atoms with Gasteiger partial charge in [0.25, 0.3) is 5.91 Å². The van der Waals surface area contributed by atoms with Gasteiger partial charge in [-0.15, -0.1) is 0 Å². The predicted molar refractivity (Wildman–Crippen MR) is 126 cm³/mol. The second-order valence-corrected chi connectivity index (χ2v) is 8.63. The predicted octanol–water partition coefficient (Wildman–Crippen LogP) is 4.74. The number of hydrogen-bond donors (Lipinski definition) is 0. The van der Waals surface area contributed by atoms with Crippen LogP contribution in [0.5, 0.6) is 17.4 Å². The summed E-state index contributed by atoms with van der Waals surface area (Å²) in [5.41, 5.74) is 0.825. The Morgan fingerprint density at radius 1 is 0.914 bits per heavy atom. The fourth-order valence-electron chi connectivity index (χ4n) is 4.53. The van der Waals surface area contributed by atoms with Crippen molar-refractivity contribution in [3.8, 4) is 17.4 Å². The minimum absolute atomic E-state index is 0.0761. The van der Waals surface area contributed by atoms with E-state index >= 15 is 0 Å². The highest BCUT2D eigenvalue weighted by atomic mass is 19.1. The molecule has 1 fully saturated rings. The number of nitrogens with zero attached hydrogens (tertiary/aromatic N) is 4. The Bertz CT molecular complexity index is 1230. The molecule has 2 aliphatic heterocycles. The summed E-state index contributed by atoms with van der Waals surface area (Å²) in [7, 11) is 1.56. The number of carbonyl (C=O) groups is 1. The monoisotopic (exact) mass is 480 g/mol. The molecule has 0 spiro atoms. The zero-order valence-corrected chi connectivity index (χ0v) is 19.5. The second-order valence-electron chi connectivity index (χ2n) is 8.63. The minimum atomic E-state index is -0.886. The highest BCUT2D eigenvalue weighted by Gasteiger charge is 2.31. The average molecular weight is 481 g/mol. The summed E-state index contributed by atoms with van der Waals surface area (Å²) in [6, 6.07) is 10.6. The van der Waals surface area contributed by atoms with Crippen molar-refractivity contribution in [1.82, 2.24) is 14.9 Å². The van der Waals surface area contributed by atoms with Crippen LogP contribution >= 0.6 is 0 Å². The molecule has 0 unspecified atom stereocenters. The largest absolute Gasteiger partial charge is 0.493 e. The van der Waals surface area contributed by atoms with Gasteiger partial charge in [0.2, 0.25) is 11.8 Å². The molecule has 3 heterocycles. The molecule has 182 valence electrons. The number of aromatic nitrogens is 2. The zero-order chi connectivity index (χ0) is 24.4. The summed E-state index contributed by atoms with van der Waals surface area (Å²) in [6.45, 7) is 2.09. The van der Waals surface area contributed by atoms with Crippen molar-refractivity contribution in [2.24, 2.45) is 0 Å². The summed E-state index contributed by atoms with van der Waals surface area (Å²) in [6.07, 6.45) is 3.73. The number of methoxy groups -OCH3 is 1. The Balaban J connectivity index is 1.52. The average Bonchev–Trinajstić information content (AvgIpc) is 2.89. The topological polar surface area (TPSA) is 67.8 Å². The molecule has 0 bridgehead atoms. The summed E-state index contributed by atoms with van der Waals surface area (Å²) >= 11 is 0. The molecular formula is C26H26F2N4O3. The van der Waals surface area contributed by atoms with Gasteiger partial charge in [0.1, 0.15) is 17.2 Å². The van der Waals surface area contributed by atoms with Crippen molar-refractivity contribution in [3.05, 3.63) is 70.9 Å². The number of benzene rings is 2. The summed E-state index contributed by atoms with van der Waals surface area (Å²) in [5.74, 6) is -0.568. The Hall–Kier alpha value is -3.75. The summed E-state index contributed by atoms with van der Waals surface area (Å²) < 4.78 is 40.3. The summed E-state index contributed by atoms with van der Waals surface area (Å²) in [5, 5.41) is 0. The maximum Gasteiger partial charge on any atom is 0.260 e. The van der Waals surface area contributed by atoms with Crippen LogP contribution < -0.4 is 14.4 Å². The molecular weight excluding hydrogens is 454 g/mol. The van der Waals surface area contributed by atoms with Crippen LogP contribution in [0.4, 0.5) is 14.7 Å². The minimum Gasteiger partial charge on any atom is -0.493 e. The fraction of sp³-hybridized carbons (Fsp3) is 0.346.